The van der Waals surface area contributed by atoms with Crippen LogP contribution in [0.1, 0.15) is 76.1 Å². The Bertz CT molecular complexity index is 2110. The van der Waals surface area contributed by atoms with Crippen LogP contribution in [0, 0.1) is 11.3 Å². The SMILES string of the molecule is CCn1c(-c2cccnc2[C@](C)(OC)SC)c2c3cc(ccc31)-c1csc(n1)CC1(SN1C(=O)C1CCC1)C(=O)N1CCC[C@@H](C(O)OCC(C)(C)C2)N1S. The molecule has 55 heavy (non-hydrogen) atoms. The van der Waals surface area contributed by atoms with E-state index in [9.17, 15) is 14.7 Å². The Morgan fingerprint density at radius 3 is 2.71 bits per heavy atom. The molecule has 8 rings (SSSR count). The number of fused-ring (bicyclic) bond motifs is 6. The fraction of sp³-hybridized carbons (Fsp3) is 0.550. The standard InChI is InChI=1S/C40H50N6O5S4/c1-7-43-30-16-15-25-19-27(30)28(33(43)26-13-9-17-41-34(26)39(4,50-5)53-6)20-38(2,3)23-51-36(48)31-14-10-18-44(46(31)52)37(49)40(21-32-42-29(25)22-54-32)45(55-40)35(47)24-11-8-12-24/h9,13,15-17,19,22,24,31,36,48,52H,7-8,10-12,14,18,20-21,23H2,1-6H3/t31-,36?,39+,40?,45?/m0/s1. The number of thiol groups is 1. The van der Waals surface area contributed by atoms with E-state index < -0.39 is 27.6 Å². The van der Waals surface area contributed by atoms with E-state index in [1.54, 1.807) is 32.6 Å². The van der Waals surface area contributed by atoms with E-state index in [-0.39, 0.29) is 30.8 Å². The highest BCUT2D eigenvalue weighted by Gasteiger charge is 2.66. The minimum absolute atomic E-state index is 0.0164. The number of carbonyl (C=O) groups excluding carboxylic acids is 2. The molecule has 3 aromatic heterocycles. The Morgan fingerprint density at radius 2 is 2.00 bits per heavy atom. The number of ether oxygens (including phenoxy) is 2. The first-order chi connectivity index (χ1) is 26.3. The molecule has 4 atom stereocenters. The van der Waals surface area contributed by atoms with E-state index in [1.807, 2.05) is 18.5 Å². The van der Waals surface area contributed by atoms with Gasteiger partial charge in [-0.1, -0.05) is 39.1 Å². The molecule has 294 valence electrons. The highest BCUT2D eigenvalue weighted by atomic mass is 32.2. The molecule has 15 heteroatoms. The van der Waals surface area contributed by atoms with Crippen molar-refractivity contribution >= 4 is 70.6 Å². The summed E-state index contributed by atoms with van der Waals surface area (Å²) in [5.74, 6) is -0.245. The molecule has 2 amide bonds. The Morgan fingerprint density at radius 1 is 1.20 bits per heavy atom. The highest BCUT2D eigenvalue weighted by molar-refractivity contribution is 8.06. The zero-order chi connectivity index (χ0) is 38.9. The molecule has 1 aromatic carbocycles. The number of nitrogens with zero attached hydrogens (tertiary/aromatic N) is 6. The Balaban J connectivity index is 1.28. The third-order valence-electron chi connectivity index (χ3n) is 11.8. The normalized spacial score (nSPS) is 25.9. The van der Waals surface area contributed by atoms with E-state index in [4.69, 9.17) is 32.3 Å². The highest BCUT2D eigenvalue weighted by Crippen LogP contribution is 2.57. The minimum atomic E-state index is -1.19. The number of aromatic nitrogens is 3. The number of thioether (sulfide) groups is 1. The molecule has 2 saturated heterocycles. The second-order valence-corrected chi connectivity index (χ2v) is 19.8. The number of thiazole rings is 1. The van der Waals surface area contributed by atoms with Gasteiger partial charge in [-0.3, -0.25) is 23.9 Å². The van der Waals surface area contributed by atoms with Gasteiger partial charge in [0.05, 0.1) is 34.7 Å². The molecule has 2 unspecified atom stereocenters. The molecule has 6 bridgehead atoms. The van der Waals surface area contributed by atoms with Crippen molar-refractivity contribution in [1.82, 2.24) is 28.3 Å². The van der Waals surface area contributed by atoms with Gasteiger partial charge in [-0.15, -0.1) is 23.1 Å². The second kappa shape index (κ2) is 14.9. The topological polar surface area (TPSA) is 113 Å². The van der Waals surface area contributed by atoms with Crippen LogP contribution in [0.25, 0.3) is 33.4 Å². The Kier molecular flexibility index (Phi) is 10.7. The molecule has 0 radical (unpaired) electrons. The second-order valence-electron chi connectivity index (χ2n) is 16.0. The summed E-state index contributed by atoms with van der Waals surface area (Å²) in [5, 5.41) is 17.2. The van der Waals surface area contributed by atoms with Gasteiger partial charge in [0.25, 0.3) is 5.91 Å². The molecule has 1 aliphatic carbocycles. The summed E-state index contributed by atoms with van der Waals surface area (Å²) in [6, 6.07) is 10.1. The van der Waals surface area contributed by atoms with Crippen molar-refractivity contribution in [1.29, 1.82) is 0 Å². The van der Waals surface area contributed by atoms with Gasteiger partial charge in [-0.25, -0.2) is 4.98 Å². The Labute approximate surface area is 341 Å². The number of rotatable bonds is 6. The van der Waals surface area contributed by atoms with Crippen LogP contribution in [-0.2, 0) is 43.4 Å². The van der Waals surface area contributed by atoms with Crippen molar-refractivity contribution < 1.29 is 24.2 Å². The Hall–Kier alpha value is -2.63. The van der Waals surface area contributed by atoms with Crippen LogP contribution in [0.3, 0.4) is 0 Å². The number of aryl methyl sites for hydroxylation is 1. The molecule has 6 heterocycles. The molecule has 1 spiro atoms. The van der Waals surface area contributed by atoms with E-state index in [1.165, 1.54) is 23.3 Å². The summed E-state index contributed by atoms with van der Waals surface area (Å²) < 4.78 is 18.0. The molecular formula is C40H50N6O5S4. The number of amides is 2. The van der Waals surface area contributed by atoms with Crippen molar-refractivity contribution in [2.75, 3.05) is 26.5 Å². The van der Waals surface area contributed by atoms with Crippen molar-refractivity contribution in [2.24, 2.45) is 11.3 Å². The van der Waals surface area contributed by atoms with E-state index in [2.05, 4.69) is 61.9 Å². The number of aliphatic hydroxyl groups excluding tert-OH is 1. The smallest absolute Gasteiger partial charge is 0.277 e. The maximum absolute atomic E-state index is 14.6. The predicted molar refractivity (Wildman–Crippen MR) is 223 cm³/mol. The third-order valence-corrected chi connectivity index (χ3v) is 15.6. The van der Waals surface area contributed by atoms with Crippen molar-refractivity contribution in [3.63, 3.8) is 0 Å². The summed E-state index contributed by atoms with van der Waals surface area (Å²) in [7, 11) is 1.73. The van der Waals surface area contributed by atoms with Crippen molar-refractivity contribution in [3.8, 4) is 22.5 Å². The maximum Gasteiger partial charge on any atom is 0.277 e. The zero-order valence-electron chi connectivity index (χ0n) is 32.3. The van der Waals surface area contributed by atoms with Crippen LogP contribution >= 0.6 is 47.9 Å². The van der Waals surface area contributed by atoms with Crippen LogP contribution in [0.5, 0.6) is 0 Å². The van der Waals surface area contributed by atoms with Crippen molar-refractivity contribution in [3.05, 3.63) is 58.2 Å². The van der Waals surface area contributed by atoms with Gasteiger partial charge < -0.3 is 19.1 Å². The lowest BCUT2D eigenvalue weighted by Crippen LogP contribution is -2.59. The van der Waals surface area contributed by atoms with Crippen LogP contribution in [0.4, 0.5) is 0 Å². The summed E-state index contributed by atoms with van der Waals surface area (Å²) >= 11 is 9.26. The van der Waals surface area contributed by atoms with Gasteiger partial charge in [0.15, 0.2) is 11.2 Å². The monoisotopic (exact) mass is 822 g/mol. The molecule has 3 fully saturated rings. The van der Waals surface area contributed by atoms with Gasteiger partial charge in [0, 0.05) is 66.1 Å². The number of pyridine rings is 1. The predicted octanol–water partition coefficient (Wildman–Crippen LogP) is 7.53. The molecule has 1 N–H and O–H groups in total. The first-order valence-electron chi connectivity index (χ1n) is 19.1. The number of carbonyl (C=O) groups is 2. The van der Waals surface area contributed by atoms with Crippen LogP contribution < -0.4 is 0 Å². The van der Waals surface area contributed by atoms with Gasteiger partial charge in [0.1, 0.15) is 0 Å². The fourth-order valence-electron chi connectivity index (χ4n) is 8.30. The first-order valence-corrected chi connectivity index (χ1v) is 22.4. The lowest BCUT2D eigenvalue weighted by molar-refractivity contribution is -0.188. The number of benzene rings is 1. The molecule has 4 aromatic rings. The lowest BCUT2D eigenvalue weighted by Gasteiger charge is -2.43. The number of hydrogen-bond acceptors (Lipinski definition) is 12. The molecule has 3 aliphatic heterocycles. The van der Waals surface area contributed by atoms with Gasteiger partial charge in [0.2, 0.25) is 10.8 Å². The van der Waals surface area contributed by atoms with Crippen LogP contribution in [-0.4, -0.2) is 88.9 Å². The molecule has 4 aliphatic rings. The van der Waals surface area contributed by atoms with Gasteiger partial charge >= 0.3 is 0 Å². The third kappa shape index (κ3) is 6.83. The first kappa shape index (κ1) is 39.2. The largest absolute Gasteiger partial charge is 0.367 e. The van der Waals surface area contributed by atoms with Crippen LogP contribution in [0.2, 0.25) is 0 Å². The number of aliphatic hydroxyl groups is 1. The van der Waals surface area contributed by atoms with E-state index in [0.29, 0.717) is 25.8 Å². The van der Waals surface area contributed by atoms with Crippen LogP contribution in [0.15, 0.2) is 41.9 Å². The lowest BCUT2D eigenvalue weighted by atomic mass is 9.84. The van der Waals surface area contributed by atoms with E-state index in [0.717, 1.165) is 75.5 Å². The minimum Gasteiger partial charge on any atom is -0.367 e. The average Bonchev–Trinajstić information content (AvgIpc) is 3.56. The molecule has 11 nitrogen and oxygen atoms in total. The summed E-state index contributed by atoms with van der Waals surface area (Å²) in [5.41, 5.74) is 6.61. The quantitative estimate of drug-likeness (QED) is 0.0877. The van der Waals surface area contributed by atoms with Crippen molar-refractivity contribution in [2.45, 2.75) is 101 Å². The summed E-state index contributed by atoms with van der Waals surface area (Å²) in [4.78, 5) is 36.5. The summed E-state index contributed by atoms with van der Waals surface area (Å²) in [6.07, 6.45) is 7.61. The van der Waals surface area contributed by atoms with Gasteiger partial charge in [-0.05, 0) is 99.4 Å². The molecule has 1 saturated carbocycles. The zero-order valence-corrected chi connectivity index (χ0v) is 35.6. The number of hydrazine groups is 1. The number of hydrogen-bond donors (Lipinski definition) is 2. The molecular weight excluding hydrogens is 773 g/mol. The average molecular weight is 823 g/mol. The maximum atomic E-state index is 14.6. The summed E-state index contributed by atoms with van der Waals surface area (Å²) in [6.45, 7) is 9.98. The fourth-order valence-corrected chi connectivity index (χ4v) is 11.3. The van der Waals surface area contributed by atoms with E-state index >= 15 is 0 Å². The number of methoxy groups -OCH3 is 1. The van der Waals surface area contributed by atoms with Gasteiger partial charge in [-0.2, -0.15) is 4.41 Å².